The molecule has 5 heteroatoms. The van der Waals surface area contributed by atoms with E-state index in [1.807, 2.05) is 0 Å². The van der Waals surface area contributed by atoms with Gasteiger partial charge in [0, 0.05) is 25.4 Å². The van der Waals surface area contributed by atoms with Gasteiger partial charge in [-0.15, -0.1) is 0 Å². The average Bonchev–Trinajstić information content (AvgIpc) is 2.22. The molecule has 1 fully saturated rings. The molecule has 1 amide bonds. The Morgan fingerprint density at radius 3 is 2.53 bits per heavy atom. The normalized spacial score (nSPS) is 17.6. The highest BCUT2D eigenvalue weighted by Crippen LogP contribution is 2.24. The summed E-state index contributed by atoms with van der Waals surface area (Å²) in [5.74, 6) is -0.849. The number of nitrogens with two attached hydrogens (primary N) is 1. The molecule has 5 nitrogen and oxygen atoms in total. The Labute approximate surface area is 102 Å². The van der Waals surface area contributed by atoms with Crippen LogP contribution in [-0.2, 0) is 9.59 Å². The molecular weight excluding hydrogens is 220 g/mol. The lowest BCUT2D eigenvalue weighted by Crippen LogP contribution is -2.53. The fourth-order valence-electron chi connectivity index (χ4n) is 1.99. The minimum atomic E-state index is -0.773. The van der Waals surface area contributed by atoms with Gasteiger partial charge in [-0.05, 0) is 19.4 Å². The summed E-state index contributed by atoms with van der Waals surface area (Å²) in [5, 5.41) is 8.83. The highest BCUT2D eigenvalue weighted by Gasteiger charge is 2.36. The standard InChI is InChI=1S/C12H22N2O3/c1-9(12(16)17)10-7-14(8-10)11(15)5-3-2-4-6-13/h9-10H,2-8,13H2,1H3,(H,16,17). The number of nitrogens with zero attached hydrogens (tertiary/aromatic N) is 1. The second-order valence-corrected chi connectivity index (χ2v) is 4.79. The molecular formula is C12H22N2O3. The maximum absolute atomic E-state index is 11.7. The summed E-state index contributed by atoms with van der Waals surface area (Å²) in [4.78, 5) is 24.2. The van der Waals surface area contributed by atoms with Crippen molar-refractivity contribution in [3.05, 3.63) is 0 Å². The van der Waals surface area contributed by atoms with Crippen molar-refractivity contribution in [2.24, 2.45) is 17.6 Å². The number of aliphatic carboxylic acids is 1. The van der Waals surface area contributed by atoms with E-state index in [-0.39, 0.29) is 17.7 Å². The van der Waals surface area contributed by atoms with E-state index >= 15 is 0 Å². The van der Waals surface area contributed by atoms with Crippen LogP contribution in [0, 0.1) is 11.8 Å². The van der Waals surface area contributed by atoms with Crippen LogP contribution in [0.1, 0.15) is 32.6 Å². The molecule has 1 aliphatic rings. The molecule has 0 spiro atoms. The smallest absolute Gasteiger partial charge is 0.306 e. The van der Waals surface area contributed by atoms with Gasteiger partial charge in [0.15, 0.2) is 0 Å². The van der Waals surface area contributed by atoms with E-state index in [9.17, 15) is 9.59 Å². The zero-order chi connectivity index (χ0) is 12.8. The second-order valence-electron chi connectivity index (χ2n) is 4.79. The molecule has 98 valence electrons. The van der Waals surface area contributed by atoms with Gasteiger partial charge in [-0.3, -0.25) is 9.59 Å². The zero-order valence-corrected chi connectivity index (χ0v) is 10.4. The van der Waals surface area contributed by atoms with Gasteiger partial charge >= 0.3 is 5.97 Å². The van der Waals surface area contributed by atoms with Crippen molar-refractivity contribution in [3.63, 3.8) is 0 Å². The van der Waals surface area contributed by atoms with Crippen LogP contribution in [0.5, 0.6) is 0 Å². The van der Waals surface area contributed by atoms with E-state index in [2.05, 4.69) is 0 Å². The molecule has 1 rings (SSSR count). The summed E-state index contributed by atoms with van der Waals surface area (Å²) < 4.78 is 0. The van der Waals surface area contributed by atoms with Crippen LogP contribution < -0.4 is 5.73 Å². The van der Waals surface area contributed by atoms with Gasteiger partial charge in [0.1, 0.15) is 0 Å². The summed E-state index contributed by atoms with van der Waals surface area (Å²) in [6.45, 7) is 3.58. The Bertz CT molecular complexity index is 275. The molecule has 0 aliphatic carbocycles. The average molecular weight is 242 g/mol. The summed E-state index contributed by atoms with van der Waals surface area (Å²) in [6, 6.07) is 0. The van der Waals surface area contributed by atoms with E-state index < -0.39 is 5.97 Å². The van der Waals surface area contributed by atoms with Gasteiger partial charge in [-0.1, -0.05) is 13.3 Å². The van der Waals surface area contributed by atoms with Crippen LogP contribution in [0.4, 0.5) is 0 Å². The van der Waals surface area contributed by atoms with Crippen molar-refractivity contribution >= 4 is 11.9 Å². The first-order chi connectivity index (χ1) is 8.06. The molecule has 17 heavy (non-hydrogen) atoms. The molecule has 0 aromatic heterocycles. The number of unbranched alkanes of at least 4 members (excludes halogenated alkanes) is 2. The summed E-state index contributed by atoms with van der Waals surface area (Å²) >= 11 is 0. The molecule has 0 aromatic carbocycles. The Kier molecular flexibility index (Phi) is 5.41. The number of carboxylic acid groups (broad SMARTS) is 1. The third-order valence-electron chi connectivity index (χ3n) is 3.45. The minimum absolute atomic E-state index is 0.125. The van der Waals surface area contributed by atoms with Crippen LogP contribution in [0.2, 0.25) is 0 Å². The van der Waals surface area contributed by atoms with Crippen molar-refractivity contribution in [1.82, 2.24) is 4.90 Å². The molecule has 0 saturated carbocycles. The van der Waals surface area contributed by atoms with Gasteiger partial charge in [-0.25, -0.2) is 0 Å². The largest absolute Gasteiger partial charge is 0.481 e. The van der Waals surface area contributed by atoms with Gasteiger partial charge in [-0.2, -0.15) is 0 Å². The van der Waals surface area contributed by atoms with Crippen molar-refractivity contribution in [3.8, 4) is 0 Å². The van der Waals surface area contributed by atoms with Crippen molar-refractivity contribution in [2.75, 3.05) is 19.6 Å². The molecule has 1 unspecified atom stereocenters. The highest BCUT2D eigenvalue weighted by molar-refractivity contribution is 5.77. The Balaban J connectivity index is 2.14. The van der Waals surface area contributed by atoms with E-state index in [1.165, 1.54) is 0 Å². The summed E-state index contributed by atoms with van der Waals surface area (Å²) in [6.07, 6.45) is 3.40. The number of carboxylic acids is 1. The second kappa shape index (κ2) is 6.59. The van der Waals surface area contributed by atoms with Crippen LogP contribution in [0.3, 0.4) is 0 Å². The molecule has 0 radical (unpaired) electrons. The number of amides is 1. The summed E-state index contributed by atoms with van der Waals surface area (Å²) in [7, 11) is 0. The fraction of sp³-hybridized carbons (Fsp3) is 0.833. The third-order valence-corrected chi connectivity index (χ3v) is 3.45. The lowest BCUT2D eigenvalue weighted by atomic mass is 9.87. The van der Waals surface area contributed by atoms with Gasteiger partial charge < -0.3 is 15.7 Å². The molecule has 1 heterocycles. The zero-order valence-electron chi connectivity index (χ0n) is 10.4. The van der Waals surface area contributed by atoms with E-state index in [0.29, 0.717) is 26.1 Å². The Hall–Kier alpha value is -1.10. The number of hydrogen-bond donors (Lipinski definition) is 2. The number of likely N-dealkylation sites (tertiary alicyclic amines) is 1. The molecule has 1 atom stereocenters. The van der Waals surface area contributed by atoms with Gasteiger partial charge in [0.2, 0.25) is 5.91 Å². The third kappa shape index (κ3) is 4.00. The first-order valence-electron chi connectivity index (χ1n) is 6.27. The number of carbonyl (C=O) groups is 2. The molecule has 1 aliphatic heterocycles. The monoisotopic (exact) mass is 242 g/mol. The minimum Gasteiger partial charge on any atom is -0.481 e. The number of rotatable bonds is 7. The lowest BCUT2D eigenvalue weighted by Gasteiger charge is -2.41. The maximum atomic E-state index is 11.7. The molecule has 0 aromatic rings. The van der Waals surface area contributed by atoms with Crippen molar-refractivity contribution in [1.29, 1.82) is 0 Å². The van der Waals surface area contributed by atoms with Gasteiger partial charge in [0.05, 0.1) is 5.92 Å². The highest BCUT2D eigenvalue weighted by atomic mass is 16.4. The number of hydrogen-bond acceptors (Lipinski definition) is 3. The molecule has 3 N–H and O–H groups in total. The van der Waals surface area contributed by atoms with Crippen LogP contribution in [-0.4, -0.2) is 41.5 Å². The molecule has 0 bridgehead atoms. The quantitative estimate of drug-likeness (QED) is 0.643. The lowest BCUT2D eigenvalue weighted by molar-refractivity contribution is -0.150. The van der Waals surface area contributed by atoms with Crippen LogP contribution in [0.25, 0.3) is 0 Å². The van der Waals surface area contributed by atoms with Crippen molar-refractivity contribution < 1.29 is 14.7 Å². The van der Waals surface area contributed by atoms with E-state index in [0.717, 1.165) is 19.3 Å². The van der Waals surface area contributed by atoms with E-state index in [1.54, 1.807) is 11.8 Å². The molecule has 1 saturated heterocycles. The first kappa shape index (κ1) is 14.0. The fourth-order valence-corrected chi connectivity index (χ4v) is 1.99. The van der Waals surface area contributed by atoms with Crippen molar-refractivity contribution in [2.45, 2.75) is 32.6 Å². The Morgan fingerprint density at radius 2 is 2.00 bits per heavy atom. The SMILES string of the molecule is CC(C(=O)O)C1CN(C(=O)CCCCCN)C1. The topological polar surface area (TPSA) is 83.6 Å². The van der Waals surface area contributed by atoms with E-state index in [4.69, 9.17) is 10.8 Å². The first-order valence-corrected chi connectivity index (χ1v) is 6.27. The predicted molar refractivity (Wildman–Crippen MR) is 64.4 cm³/mol. The number of carbonyl (C=O) groups excluding carboxylic acids is 1. The van der Waals surface area contributed by atoms with Crippen LogP contribution >= 0.6 is 0 Å². The predicted octanol–water partition coefficient (Wildman–Crippen LogP) is 0.685. The van der Waals surface area contributed by atoms with Crippen LogP contribution in [0.15, 0.2) is 0 Å². The maximum Gasteiger partial charge on any atom is 0.306 e. The summed E-state index contributed by atoms with van der Waals surface area (Å²) in [5.41, 5.74) is 5.37. The Morgan fingerprint density at radius 1 is 1.35 bits per heavy atom. The van der Waals surface area contributed by atoms with Gasteiger partial charge in [0.25, 0.3) is 0 Å².